The Kier molecular flexibility index (Phi) is 7.82. The molecule has 2 aliphatic heterocycles. The minimum absolute atomic E-state index is 0. The maximum Gasteiger partial charge on any atom is 0.349 e. The average molecular weight is 462 g/mol. The van der Waals surface area contributed by atoms with Crippen molar-refractivity contribution in [3.05, 3.63) is 59.2 Å². The molecule has 0 spiro atoms. The van der Waals surface area contributed by atoms with Crippen LogP contribution in [0.2, 0.25) is 0 Å². The van der Waals surface area contributed by atoms with Crippen LogP contribution in [0.5, 0.6) is 11.5 Å². The number of hydrogen-bond acceptors (Lipinski definition) is 4. The van der Waals surface area contributed by atoms with Crippen LogP contribution >= 0.6 is 0 Å². The molecule has 1 atom stereocenters. The van der Waals surface area contributed by atoms with E-state index in [4.69, 9.17) is 25.7 Å². The van der Waals surface area contributed by atoms with E-state index in [1.165, 1.54) is 5.56 Å². The fourth-order valence-electron chi connectivity index (χ4n) is 3.93. The van der Waals surface area contributed by atoms with Crippen LogP contribution in [0, 0.1) is 0 Å². The van der Waals surface area contributed by atoms with Crippen LogP contribution in [0.25, 0.3) is 0 Å². The summed E-state index contributed by atoms with van der Waals surface area (Å²) in [5, 5.41) is 9.76. The first-order chi connectivity index (χ1) is 15.0. The molecule has 5 N–H and O–H groups in total. The summed E-state index contributed by atoms with van der Waals surface area (Å²) in [6.07, 6.45) is 1.53. The lowest BCUT2D eigenvalue weighted by Gasteiger charge is -2.23. The number of fused-ring (bicyclic) bond motifs is 1. The number of carboxylic acid groups (broad SMARTS) is 1. The van der Waals surface area contributed by atoms with Crippen LogP contribution in [0.15, 0.2) is 42.5 Å². The molecule has 0 bridgehead atoms. The maximum atomic E-state index is 11.9. The van der Waals surface area contributed by atoms with Gasteiger partial charge in [0.05, 0.1) is 26.3 Å². The highest BCUT2D eigenvalue weighted by Crippen LogP contribution is 2.28. The summed E-state index contributed by atoms with van der Waals surface area (Å²) in [5.74, 6) is 0.427. The number of ether oxygens (including phenoxy) is 3. The molecule has 8 nitrogen and oxygen atoms in total. The minimum Gasteiger partial charge on any atom is -1.00 e. The highest BCUT2D eigenvalue weighted by molar-refractivity contribution is 5.75. The zero-order chi connectivity index (χ0) is 21.8. The van der Waals surface area contributed by atoms with Gasteiger partial charge in [-0.15, -0.1) is 0 Å². The van der Waals surface area contributed by atoms with Gasteiger partial charge in [0, 0.05) is 24.8 Å². The minimum atomic E-state index is -1.12. The second kappa shape index (κ2) is 10.6. The molecule has 2 aromatic carbocycles. The Balaban J connectivity index is 0.00000289. The molecule has 0 aliphatic carbocycles. The lowest BCUT2D eigenvalue weighted by atomic mass is 10.0. The van der Waals surface area contributed by atoms with Crippen molar-refractivity contribution in [1.82, 2.24) is 0 Å². The maximum absolute atomic E-state index is 11.9. The summed E-state index contributed by atoms with van der Waals surface area (Å²) in [4.78, 5) is 11.9. The summed E-state index contributed by atoms with van der Waals surface area (Å²) >= 11 is 0. The second-order valence-electron chi connectivity index (χ2n) is 7.86. The number of nitrogens with two attached hydrogens (primary N) is 2. The molecule has 2 aliphatic rings. The number of carboxylic acids is 1. The van der Waals surface area contributed by atoms with Crippen LogP contribution in [0.4, 0.5) is 0 Å². The van der Waals surface area contributed by atoms with Gasteiger partial charge in [-0.05, 0) is 35.4 Å². The fourth-order valence-corrected chi connectivity index (χ4v) is 3.93. The van der Waals surface area contributed by atoms with E-state index in [2.05, 4.69) is 0 Å². The monoisotopic (exact) mass is 461 g/mol. The third-order valence-electron chi connectivity index (χ3n) is 5.69. The highest BCUT2D eigenvalue weighted by atomic mass is 35.5. The van der Waals surface area contributed by atoms with Gasteiger partial charge in [-0.1, -0.05) is 18.2 Å². The molecule has 2 aromatic rings. The fraction of sp³-hybridized carbons (Fsp3) is 0.391. The van der Waals surface area contributed by atoms with Crippen molar-refractivity contribution in [2.24, 2.45) is 11.5 Å². The van der Waals surface area contributed by atoms with Crippen molar-refractivity contribution in [2.75, 3.05) is 19.8 Å². The van der Waals surface area contributed by atoms with Crippen molar-refractivity contribution < 1.29 is 41.1 Å². The predicted molar refractivity (Wildman–Crippen MR) is 114 cm³/mol. The molecule has 0 aromatic heterocycles. The summed E-state index contributed by atoms with van der Waals surface area (Å²) in [5.41, 5.74) is 14.2. The zero-order valence-electron chi connectivity index (χ0n) is 17.7. The van der Waals surface area contributed by atoms with Gasteiger partial charge in [0.1, 0.15) is 17.6 Å². The quantitative estimate of drug-likeness (QED) is 0.365. The first-order valence-electron chi connectivity index (χ1n) is 10.5. The van der Waals surface area contributed by atoms with E-state index in [1.807, 2.05) is 22.8 Å². The van der Waals surface area contributed by atoms with Gasteiger partial charge in [-0.25, -0.2) is 4.79 Å². The number of rotatable bonds is 6. The number of nitrogens with zero attached hydrogens (tertiary/aromatic N) is 1. The molecule has 2 heterocycles. The summed E-state index contributed by atoms with van der Waals surface area (Å²) < 4.78 is 19.1. The number of hydrogen-bond donors (Lipinski definition) is 3. The average Bonchev–Trinajstić information content (AvgIpc) is 2.78. The van der Waals surface area contributed by atoms with Gasteiger partial charge in [0.25, 0.3) is 0 Å². The normalized spacial score (nSPS) is 16.9. The first kappa shape index (κ1) is 23.7. The molecule has 32 heavy (non-hydrogen) atoms. The Labute approximate surface area is 193 Å². The van der Waals surface area contributed by atoms with Gasteiger partial charge in [-0.2, -0.15) is 0 Å². The van der Waals surface area contributed by atoms with Crippen molar-refractivity contribution in [3.63, 3.8) is 0 Å². The van der Waals surface area contributed by atoms with E-state index in [9.17, 15) is 9.90 Å². The third kappa shape index (κ3) is 5.63. The molecule has 4 rings (SSSR count). The van der Waals surface area contributed by atoms with E-state index < -0.39 is 12.1 Å². The molecule has 1 fully saturated rings. The smallest absolute Gasteiger partial charge is 0.349 e. The van der Waals surface area contributed by atoms with Crippen LogP contribution in [-0.4, -0.2) is 47.5 Å². The zero-order valence-corrected chi connectivity index (χ0v) is 18.5. The van der Waals surface area contributed by atoms with Gasteiger partial charge in [0.2, 0.25) is 6.10 Å². The third-order valence-corrected chi connectivity index (χ3v) is 5.69. The molecular weight excluding hydrogens is 434 g/mol. The van der Waals surface area contributed by atoms with Crippen molar-refractivity contribution >= 4 is 11.9 Å². The number of halogens is 1. The van der Waals surface area contributed by atoms with Gasteiger partial charge >= 0.3 is 11.9 Å². The summed E-state index contributed by atoms with van der Waals surface area (Å²) in [7, 11) is 0. The van der Waals surface area contributed by atoms with Crippen molar-refractivity contribution in [3.8, 4) is 11.5 Å². The van der Waals surface area contributed by atoms with E-state index >= 15 is 0 Å². The number of carbonyl (C=O) groups is 1. The first-order valence-corrected chi connectivity index (χ1v) is 10.5. The van der Waals surface area contributed by atoms with Crippen molar-refractivity contribution in [2.45, 2.75) is 38.0 Å². The number of guanidine groups is 1. The molecule has 0 amide bonds. The molecule has 0 radical (unpaired) electrons. The Morgan fingerprint density at radius 2 is 1.75 bits per heavy atom. The van der Waals surface area contributed by atoms with Crippen LogP contribution in [0.1, 0.15) is 35.6 Å². The lowest BCUT2D eigenvalue weighted by Crippen LogP contribution is -3.00. The largest absolute Gasteiger partial charge is 1.00 e. The predicted octanol–water partition coefficient (Wildman–Crippen LogP) is -1.20. The molecule has 172 valence electrons. The standard InChI is InChI=1S/C23H27N3O5.ClH/c24-23(25)26-10-7-15-1-6-20(13-17(15)14-26)31-21(22(27)28)16-2-4-18(5-3-16)30-19-8-11-29-12-9-19;/h1-6,13,19,21H,7-12,14H2,(H4,24,25,27,28);1H. The van der Waals surface area contributed by atoms with Gasteiger partial charge in [0.15, 0.2) is 0 Å². The SMILES string of the molecule is NC(N)=[N+]1CCc2ccc(OC(C(=O)O)c3ccc(OC4CCOCC4)cc3)cc2C1.[Cl-]. The number of benzene rings is 2. The van der Waals surface area contributed by atoms with Gasteiger partial charge in [-0.3, -0.25) is 16.0 Å². The second-order valence-corrected chi connectivity index (χ2v) is 7.86. The molecule has 9 heteroatoms. The van der Waals surface area contributed by atoms with E-state index in [1.54, 1.807) is 24.3 Å². The Morgan fingerprint density at radius 3 is 2.41 bits per heavy atom. The summed E-state index contributed by atoms with van der Waals surface area (Å²) in [6.45, 7) is 2.73. The topological polar surface area (TPSA) is 120 Å². The van der Waals surface area contributed by atoms with Crippen LogP contribution in [-0.2, 0) is 22.5 Å². The Hall–Kier alpha value is -2.97. The highest BCUT2D eigenvalue weighted by Gasteiger charge is 2.24. The van der Waals surface area contributed by atoms with Crippen LogP contribution in [0.3, 0.4) is 0 Å². The van der Waals surface area contributed by atoms with Gasteiger partial charge < -0.3 is 31.7 Å². The lowest BCUT2D eigenvalue weighted by molar-refractivity contribution is -0.549. The molecule has 0 saturated carbocycles. The molecule has 1 unspecified atom stereocenters. The Morgan fingerprint density at radius 1 is 1.06 bits per heavy atom. The number of aliphatic carboxylic acids is 1. The molecular formula is C23H28ClN3O5. The van der Waals surface area contributed by atoms with Crippen molar-refractivity contribution in [1.29, 1.82) is 0 Å². The Bertz CT molecular complexity index is 970. The van der Waals surface area contributed by atoms with E-state index in [-0.39, 0.29) is 24.5 Å². The van der Waals surface area contributed by atoms with Crippen LogP contribution < -0.4 is 33.3 Å². The van der Waals surface area contributed by atoms with E-state index in [0.29, 0.717) is 36.8 Å². The summed E-state index contributed by atoms with van der Waals surface area (Å²) in [6, 6.07) is 12.7. The molecule has 1 saturated heterocycles. The van der Waals surface area contributed by atoms with E-state index in [0.717, 1.165) is 31.4 Å².